The normalized spacial score (nSPS) is 13.5. The third-order valence-corrected chi connectivity index (χ3v) is 6.43. The van der Waals surface area contributed by atoms with Crippen LogP contribution in [0.3, 0.4) is 0 Å². The quantitative estimate of drug-likeness (QED) is 0.459. The topological polar surface area (TPSA) is 85.2 Å². The number of carbonyl (C=O) groups excluding carboxylic acids is 1. The van der Waals surface area contributed by atoms with E-state index in [1.165, 1.54) is 12.5 Å². The van der Waals surface area contributed by atoms with Crippen LogP contribution in [0, 0.1) is 18.8 Å². The molecular formula is C25H24N6O2S. The number of hydrogen-bond acceptors (Lipinski definition) is 7. The number of rotatable bonds is 4. The number of aryl methyl sites for hydroxylation is 1. The Morgan fingerprint density at radius 2 is 2.06 bits per heavy atom. The molecule has 1 aliphatic heterocycles. The van der Waals surface area contributed by atoms with E-state index >= 15 is 0 Å². The van der Waals surface area contributed by atoms with Gasteiger partial charge in [-0.1, -0.05) is 35.6 Å². The number of morpholine rings is 1. The summed E-state index contributed by atoms with van der Waals surface area (Å²) in [4.78, 5) is 23.9. The predicted molar refractivity (Wildman–Crippen MR) is 133 cm³/mol. The largest absolute Gasteiger partial charge is 0.378 e. The summed E-state index contributed by atoms with van der Waals surface area (Å²) in [6.45, 7) is 6.71. The highest BCUT2D eigenvalue weighted by Crippen LogP contribution is 2.33. The Morgan fingerprint density at radius 1 is 1.21 bits per heavy atom. The number of nitrogens with one attached hydrogen (secondary N) is 1. The molecule has 1 fully saturated rings. The molecule has 1 aromatic carbocycles. The summed E-state index contributed by atoms with van der Waals surface area (Å²) in [5, 5.41) is 7.45. The molecule has 0 radical (unpaired) electrons. The van der Waals surface area contributed by atoms with E-state index in [0.717, 1.165) is 45.3 Å². The smallest absolute Gasteiger partial charge is 0.253 e. The van der Waals surface area contributed by atoms with Gasteiger partial charge in [0.05, 0.1) is 40.5 Å². The molecule has 172 valence electrons. The van der Waals surface area contributed by atoms with Crippen LogP contribution >= 0.6 is 11.3 Å². The van der Waals surface area contributed by atoms with Crippen LogP contribution in [0.2, 0.25) is 0 Å². The molecule has 1 N–H and O–H groups in total. The van der Waals surface area contributed by atoms with Crippen molar-refractivity contribution in [2.75, 3.05) is 37.7 Å². The van der Waals surface area contributed by atoms with Crippen molar-refractivity contribution in [2.24, 2.45) is 0 Å². The maximum Gasteiger partial charge on any atom is 0.253 e. The van der Waals surface area contributed by atoms with Gasteiger partial charge in [-0.05, 0) is 25.1 Å². The molecule has 0 spiro atoms. The van der Waals surface area contributed by atoms with Gasteiger partial charge in [0.15, 0.2) is 5.82 Å². The van der Waals surface area contributed by atoms with E-state index in [1.54, 1.807) is 16.0 Å². The van der Waals surface area contributed by atoms with Gasteiger partial charge in [-0.25, -0.2) is 9.67 Å². The van der Waals surface area contributed by atoms with Crippen molar-refractivity contribution in [3.63, 3.8) is 0 Å². The van der Waals surface area contributed by atoms with E-state index in [9.17, 15) is 4.79 Å². The van der Waals surface area contributed by atoms with Crippen molar-refractivity contribution < 1.29 is 9.53 Å². The Morgan fingerprint density at radius 3 is 2.85 bits per heavy atom. The minimum atomic E-state index is -0.0972. The van der Waals surface area contributed by atoms with Gasteiger partial charge in [-0.2, -0.15) is 10.1 Å². The van der Waals surface area contributed by atoms with Crippen molar-refractivity contribution in [2.45, 2.75) is 13.8 Å². The maximum absolute atomic E-state index is 11.1. The summed E-state index contributed by atoms with van der Waals surface area (Å²) in [6.07, 6.45) is 1.89. The number of ether oxygens (including phenoxy) is 1. The highest BCUT2D eigenvalue weighted by molar-refractivity contribution is 7.20. The summed E-state index contributed by atoms with van der Waals surface area (Å²) in [6, 6.07) is 12.2. The molecule has 3 aromatic heterocycles. The van der Waals surface area contributed by atoms with Gasteiger partial charge in [0.1, 0.15) is 0 Å². The molecular weight excluding hydrogens is 448 g/mol. The molecule has 9 heteroatoms. The number of hydrogen-bond donors (Lipinski definition) is 1. The first-order chi connectivity index (χ1) is 16.6. The van der Waals surface area contributed by atoms with E-state index in [4.69, 9.17) is 19.8 Å². The first-order valence-electron chi connectivity index (χ1n) is 11.1. The average molecular weight is 473 g/mol. The minimum Gasteiger partial charge on any atom is -0.378 e. The number of carbonyl (C=O) groups is 1. The van der Waals surface area contributed by atoms with Gasteiger partial charge in [-0.3, -0.25) is 4.79 Å². The van der Waals surface area contributed by atoms with Crippen LogP contribution in [0.5, 0.6) is 0 Å². The molecule has 1 saturated heterocycles. The highest BCUT2D eigenvalue weighted by Gasteiger charge is 2.20. The van der Waals surface area contributed by atoms with Crippen LogP contribution in [0.4, 0.5) is 5.82 Å². The van der Waals surface area contributed by atoms with Gasteiger partial charge in [0.2, 0.25) is 5.91 Å². The second-order valence-electron chi connectivity index (χ2n) is 8.00. The maximum atomic E-state index is 11.1. The zero-order valence-electron chi connectivity index (χ0n) is 19.0. The number of fused-ring (bicyclic) bond motifs is 1. The van der Waals surface area contributed by atoms with Crippen molar-refractivity contribution in [3.05, 3.63) is 53.0 Å². The Kier molecular flexibility index (Phi) is 6.25. The van der Waals surface area contributed by atoms with Crippen LogP contribution in [0.1, 0.15) is 17.4 Å². The molecule has 0 saturated carbocycles. The van der Waals surface area contributed by atoms with Crippen molar-refractivity contribution in [1.82, 2.24) is 25.1 Å². The van der Waals surface area contributed by atoms with E-state index in [0.29, 0.717) is 25.7 Å². The monoisotopic (exact) mass is 472 g/mol. The number of amides is 1. The molecule has 0 aliphatic carbocycles. The molecule has 4 aromatic rings. The highest BCUT2D eigenvalue weighted by atomic mass is 32.1. The van der Waals surface area contributed by atoms with Gasteiger partial charge < -0.3 is 15.0 Å². The van der Waals surface area contributed by atoms with Crippen molar-refractivity contribution in [3.8, 4) is 29.0 Å². The fraction of sp³-hybridized carbons (Fsp3) is 0.280. The van der Waals surface area contributed by atoms with E-state index < -0.39 is 0 Å². The first-order valence-corrected chi connectivity index (χ1v) is 11.9. The summed E-state index contributed by atoms with van der Waals surface area (Å²) >= 11 is 1.56. The van der Waals surface area contributed by atoms with E-state index in [1.807, 2.05) is 30.5 Å². The third-order valence-electron chi connectivity index (χ3n) is 5.40. The van der Waals surface area contributed by atoms with E-state index in [2.05, 4.69) is 41.1 Å². The molecule has 1 aliphatic rings. The minimum absolute atomic E-state index is 0.0972. The van der Waals surface area contributed by atoms with Crippen LogP contribution in [-0.4, -0.2) is 58.5 Å². The van der Waals surface area contributed by atoms with Crippen LogP contribution in [-0.2, 0) is 9.53 Å². The molecule has 0 bridgehead atoms. The third kappa shape index (κ3) is 4.78. The Labute approximate surface area is 201 Å². The van der Waals surface area contributed by atoms with Gasteiger partial charge in [0, 0.05) is 31.8 Å². The lowest BCUT2D eigenvalue weighted by Gasteiger charge is -2.28. The fourth-order valence-corrected chi connectivity index (χ4v) is 4.74. The second-order valence-corrected chi connectivity index (χ2v) is 9.05. The lowest BCUT2D eigenvalue weighted by atomic mass is 10.1. The van der Waals surface area contributed by atoms with Gasteiger partial charge in [0.25, 0.3) is 5.95 Å². The standard InChI is InChI=1S/C25H24N6O2S/c1-17-5-3-6-19(15-17)21-8-10-31(29-21)25-27-22-16-20(7-4-9-26-18(2)32)34-23(22)24(28-25)30-11-13-33-14-12-30/h3,5-6,8,10,15-16H,9,11-14H2,1-2H3,(H,26,32). The van der Waals surface area contributed by atoms with Gasteiger partial charge in [-0.15, -0.1) is 11.3 Å². The SMILES string of the molecule is CC(=O)NCC#Cc1cc2nc(-n3ccc(-c4cccc(C)c4)n3)nc(N3CCOCC3)c2s1. The van der Waals surface area contributed by atoms with E-state index in [-0.39, 0.29) is 5.91 Å². The molecule has 8 nitrogen and oxygen atoms in total. The number of benzene rings is 1. The predicted octanol–water partition coefficient (Wildman–Crippen LogP) is 3.18. The summed E-state index contributed by atoms with van der Waals surface area (Å²) < 4.78 is 8.25. The molecule has 5 rings (SSSR count). The molecule has 34 heavy (non-hydrogen) atoms. The molecule has 0 unspecified atom stereocenters. The fourth-order valence-electron chi connectivity index (χ4n) is 3.75. The number of nitrogens with zero attached hydrogens (tertiary/aromatic N) is 5. The summed E-state index contributed by atoms with van der Waals surface area (Å²) in [5.41, 5.74) is 3.94. The lowest BCUT2D eigenvalue weighted by Crippen LogP contribution is -2.37. The molecule has 4 heterocycles. The lowest BCUT2D eigenvalue weighted by molar-refractivity contribution is -0.118. The van der Waals surface area contributed by atoms with Crippen LogP contribution < -0.4 is 10.2 Å². The second kappa shape index (κ2) is 9.63. The summed E-state index contributed by atoms with van der Waals surface area (Å²) in [7, 11) is 0. The molecule has 0 atom stereocenters. The van der Waals surface area contributed by atoms with Crippen molar-refractivity contribution in [1.29, 1.82) is 0 Å². The first kappa shape index (κ1) is 22.1. The van der Waals surface area contributed by atoms with Crippen LogP contribution in [0.15, 0.2) is 42.6 Å². The van der Waals surface area contributed by atoms with Crippen molar-refractivity contribution >= 4 is 33.3 Å². The Bertz CT molecular complexity index is 1410. The summed E-state index contributed by atoms with van der Waals surface area (Å²) in [5.74, 6) is 7.42. The van der Waals surface area contributed by atoms with Crippen LogP contribution in [0.25, 0.3) is 27.4 Å². The number of thiophene rings is 1. The molecule has 1 amide bonds. The number of aromatic nitrogens is 4. The average Bonchev–Trinajstić information content (AvgIpc) is 3.49. The Balaban J connectivity index is 1.54. The Hall–Kier alpha value is -3.74. The zero-order valence-corrected chi connectivity index (χ0v) is 19.9. The zero-order chi connectivity index (χ0) is 23.5. The van der Waals surface area contributed by atoms with Gasteiger partial charge >= 0.3 is 0 Å². The number of anilines is 1.